The maximum absolute atomic E-state index is 5.75. The zero-order valence-corrected chi connectivity index (χ0v) is 21.7. The zero-order chi connectivity index (χ0) is 22.5. The highest BCUT2D eigenvalue weighted by molar-refractivity contribution is 14.0. The van der Waals surface area contributed by atoms with Gasteiger partial charge in [-0.05, 0) is 55.3 Å². The minimum Gasteiger partial charge on any atom is -0.497 e. The summed E-state index contributed by atoms with van der Waals surface area (Å²) >= 11 is 0. The number of hydrogen-bond acceptors (Lipinski definition) is 6. The SMILES string of the molecule is CCNC(=NCc1cc(OC)c(OC)c(OC)c1)NCCCOc1ccc(OC)cc1.I. The molecule has 2 N–H and O–H groups in total. The van der Waals surface area contributed by atoms with E-state index < -0.39 is 0 Å². The highest BCUT2D eigenvalue weighted by Crippen LogP contribution is 2.38. The Balaban J connectivity index is 0.00000512. The molecule has 0 fully saturated rings. The highest BCUT2D eigenvalue weighted by atomic mass is 127. The van der Waals surface area contributed by atoms with Crippen molar-refractivity contribution in [2.24, 2.45) is 4.99 Å². The molecule has 0 aromatic heterocycles. The molecule has 0 aliphatic heterocycles. The predicted octanol–water partition coefficient (Wildman–Crippen LogP) is 3.86. The standard InChI is InChI=1S/C23H33N3O5.HI/c1-6-24-23(25-12-7-13-31-19-10-8-18(27-2)9-11-19)26-16-17-14-20(28-3)22(30-5)21(15-17)29-4;/h8-11,14-15H,6-7,12-13,16H2,1-5H3,(H2,24,25,26);1H. The first-order valence-corrected chi connectivity index (χ1v) is 10.2. The summed E-state index contributed by atoms with van der Waals surface area (Å²) in [4.78, 5) is 4.65. The van der Waals surface area contributed by atoms with Gasteiger partial charge in [-0.1, -0.05) is 0 Å². The number of halogens is 1. The number of benzene rings is 2. The summed E-state index contributed by atoms with van der Waals surface area (Å²) in [6.45, 7) is 4.60. The second-order valence-electron chi connectivity index (χ2n) is 6.53. The molecule has 2 aromatic carbocycles. The minimum absolute atomic E-state index is 0. The van der Waals surface area contributed by atoms with Crippen molar-refractivity contribution in [1.82, 2.24) is 10.6 Å². The van der Waals surface area contributed by atoms with Crippen LogP contribution in [0.5, 0.6) is 28.7 Å². The normalized spacial score (nSPS) is 10.6. The maximum Gasteiger partial charge on any atom is 0.203 e. The van der Waals surface area contributed by atoms with Gasteiger partial charge in [0.1, 0.15) is 11.5 Å². The lowest BCUT2D eigenvalue weighted by Crippen LogP contribution is -2.38. The van der Waals surface area contributed by atoms with Crippen LogP contribution in [0, 0.1) is 0 Å². The number of aliphatic imine (C=N–C) groups is 1. The van der Waals surface area contributed by atoms with Gasteiger partial charge < -0.3 is 34.3 Å². The predicted molar refractivity (Wildman–Crippen MR) is 137 cm³/mol. The summed E-state index contributed by atoms with van der Waals surface area (Å²) in [5.41, 5.74) is 0.953. The monoisotopic (exact) mass is 559 g/mol. The Kier molecular flexibility index (Phi) is 13.1. The van der Waals surface area contributed by atoms with E-state index in [1.165, 1.54) is 0 Å². The molecule has 0 saturated carbocycles. The third-order valence-corrected chi connectivity index (χ3v) is 4.43. The minimum atomic E-state index is 0. The van der Waals surface area contributed by atoms with Crippen LogP contribution in [0.4, 0.5) is 0 Å². The Labute approximate surface area is 207 Å². The molecule has 9 heteroatoms. The second-order valence-corrected chi connectivity index (χ2v) is 6.53. The van der Waals surface area contributed by atoms with E-state index in [-0.39, 0.29) is 24.0 Å². The van der Waals surface area contributed by atoms with Crippen LogP contribution in [-0.4, -0.2) is 54.1 Å². The molecule has 0 amide bonds. The van der Waals surface area contributed by atoms with Crippen LogP contribution in [0.1, 0.15) is 18.9 Å². The first kappa shape index (κ1) is 27.5. The summed E-state index contributed by atoms with van der Waals surface area (Å²) < 4.78 is 27.1. The van der Waals surface area contributed by atoms with Gasteiger partial charge in [0, 0.05) is 13.1 Å². The second kappa shape index (κ2) is 15.3. The van der Waals surface area contributed by atoms with Gasteiger partial charge in [0.15, 0.2) is 17.5 Å². The highest BCUT2D eigenvalue weighted by Gasteiger charge is 2.13. The molecule has 8 nitrogen and oxygen atoms in total. The Hall–Kier alpha value is -2.56. The lowest BCUT2D eigenvalue weighted by atomic mass is 10.2. The molecule has 2 rings (SSSR count). The molecule has 0 atom stereocenters. The maximum atomic E-state index is 5.75. The van der Waals surface area contributed by atoms with Gasteiger partial charge in [-0.15, -0.1) is 24.0 Å². The molecule has 32 heavy (non-hydrogen) atoms. The van der Waals surface area contributed by atoms with Crippen LogP contribution in [0.15, 0.2) is 41.4 Å². The number of methoxy groups -OCH3 is 4. The summed E-state index contributed by atoms with van der Waals surface area (Å²) in [6, 6.07) is 11.4. The van der Waals surface area contributed by atoms with Gasteiger partial charge in [-0.3, -0.25) is 0 Å². The molecule has 2 aromatic rings. The van der Waals surface area contributed by atoms with E-state index in [4.69, 9.17) is 23.7 Å². The van der Waals surface area contributed by atoms with Crippen LogP contribution >= 0.6 is 24.0 Å². The van der Waals surface area contributed by atoms with Gasteiger partial charge in [-0.2, -0.15) is 0 Å². The number of nitrogens with zero attached hydrogens (tertiary/aromatic N) is 1. The molecule has 0 heterocycles. The van der Waals surface area contributed by atoms with E-state index in [0.717, 1.165) is 42.5 Å². The molecule has 0 bridgehead atoms. The molecule has 0 aliphatic carbocycles. The zero-order valence-electron chi connectivity index (χ0n) is 19.4. The number of nitrogens with one attached hydrogen (secondary N) is 2. The largest absolute Gasteiger partial charge is 0.497 e. The van der Waals surface area contributed by atoms with Crippen molar-refractivity contribution in [1.29, 1.82) is 0 Å². The average Bonchev–Trinajstić information content (AvgIpc) is 2.81. The van der Waals surface area contributed by atoms with Crippen molar-refractivity contribution in [2.45, 2.75) is 19.9 Å². The summed E-state index contributed by atoms with van der Waals surface area (Å²) in [5.74, 6) is 4.16. The summed E-state index contributed by atoms with van der Waals surface area (Å²) in [5, 5.41) is 6.58. The number of rotatable bonds is 12. The molecule has 0 aliphatic rings. The van der Waals surface area contributed by atoms with Crippen molar-refractivity contribution in [3.05, 3.63) is 42.0 Å². The summed E-state index contributed by atoms with van der Waals surface area (Å²) in [7, 11) is 6.43. The first-order valence-electron chi connectivity index (χ1n) is 10.2. The average molecular weight is 559 g/mol. The lowest BCUT2D eigenvalue weighted by molar-refractivity contribution is 0.310. The van der Waals surface area contributed by atoms with E-state index in [1.54, 1.807) is 28.4 Å². The van der Waals surface area contributed by atoms with E-state index in [0.29, 0.717) is 30.4 Å². The molecule has 0 radical (unpaired) electrons. The smallest absolute Gasteiger partial charge is 0.203 e. The molecular weight excluding hydrogens is 525 g/mol. The van der Waals surface area contributed by atoms with Gasteiger partial charge >= 0.3 is 0 Å². The van der Waals surface area contributed by atoms with Crippen molar-refractivity contribution in [3.63, 3.8) is 0 Å². The Bertz CT molecular complexity index is 806. The van der Waals surface area contributed by atoms with Crippen molar-refractivity contribution in [3.8, 4) is 28.7 Å². The van der Waals surface area contributed by atoms with Gasteiger partial charge in [-0.25, -0.2) is 4.99 Å². The lowest BCUT2D eigenvalue weighted by Gasteiger charge is -2.14. The van der Waals surface area contributed by atoms with Gasteiger partial charge in [0.25, 0.3) is 0 Å². The first-order chi connectivity index (χ1) is 15.1. The number of ether oxygens (including phenoxy) is 5. The fourth-order valence-electron chi connectivity index (χ4n) is 2.88. The van der Waals surface area contributed by atoms with Crippen LogP contribution in [0.3, 0.4) is 0 Å². The molecule has 0 unspecified atom stereocenters. The van der Waals surface area contributed by atoms with Crippen molar-refractivity contribution < 1.29 is 23.7 Å². The molecular formula is C23H34IN3O5. The molecule has 0 saturated heterocycles. The topological polar surface area (TPSA) is 82.6 Å². The van der Waals surface area contributed by atoms with E-state index >= 15 is 0 Å². The third-order valence-electron chi connectivity index (χ3n) is 4.43. The van der Waals surface area contributed by atoms with Crippen molar-refractivity contribution in [2.75, 3.05) is 48.1 Å². The quantitative estimate of drug-likeness (QED) is 0.177. The van der Waals surface area contributed by atoms with Crippen LogP contribution in [0.25, 0.3) is 0 Å². The van der Waals surface area contributed by atoms with Crippen LogP contribution in [0.2, 0.25) is 0 Å². The Morgan fingerprint density at radius 3 is 2.00 bits per heavy atom. The fourth-order valence-corrected chi connectivity index (χ4v) is 2.88. The van der Waals surface area contributed by atoms with Gasteiger partial charge in [0.2, 0.25) is 5.75 Å². The molecule has 0 spiro atoms. The van der Waals surface area contributed by atoms with Crippen LogP contribution in [-0.2, 0) is 6.54 Å². The van der Waals surface area contributed by atoms with E-state index in [2.05, 4.69) is 15.6 Å². The van der Waals surface area contributed by atoms with Crippen LogP contribution < -0.4 is 34.3 Å². The van der Waals surface area contributed by atoms with Gasteiger partial charge in [0.05, 0.1) is 41.6 Å². The number of guanidine groups is 1. The van der Waals surface area contributed by atoms with E-state index in [1.807, 2.05) is 43.3 Å². The Morgan fingerprint density at radius 1 is 0.844 bits per heavy atom. The fraction of sp³-hybridized carbons (Fsp3) is 0.435. The summed E-state index contributed by atoms with van der Waals surface area (Å²) in [6.07, 6.45) is 0.834. The third kappa shape index (κ3) is 8.52. The van der Waals surface area contributed by atoms with Crippen molar-refractivity contribution >= 4 is 29.9 Å². The van der Waals surface area contributed by atoms with E-state index in [9.17, 15) is 0 Å². The Morgan fingerprint density at radius 2 is 1.47 bits per heavy atom. The molecule has 178 valence electrons. The number of hydrogen-bond donors (Lipinski definition) is 2.